The number of carbonyl (C=O) groups is 1. The molecule has 1 heterocycles. The van der Waals surface area contributed by atoms with Crippen LogP contribution in [-0.4, -0.2) is 18.5 Å². The van der Waals surface area contributed by atoms with Crippen molar-refractivity contribution in [3.05, 3.63) is 20.8 Å². The molecule has 0 saturated heterocycles. The molecule has 0 aromatic carbocycles. The van der Waals surface area contributed by atoms with Crippen LogP contribution in [0.4, 0.5) is 0 Å². The predicted octanol–water partition coefficient (Wildman–Crippen LogP) is 4.68. The van der Waals surface area contributed by atoms with Gasteiger partial charge >= 0.3 is 0 Å². The van der Waals surface area contributed by atoms with Crippen LogP contribution in [0.3, 0.4) is 0 Å². The third-order valence-electron chi connectivity index (χ3n) is 4.04. The third-order valence-corrected chi connectivity index (χ3v) is 5.88. The quantitative estimate of drug-likeness (QED) is 0.752. The van der Waals surface area contributed by atoms with E-state index in [2.05, 4.69) is 29.8 Å². The van der Waals surface area contributed by atoms with E-state index >= 15 is 0 Å². The van der Waals surface area contributed by atoms with Crippen molar-refractivity contribution in [1.82, 2.24) is 0 Å². The molecule has 0 N–H and O–H groups in total. The number of Topliss-reactive ketones (excluding diaryl/α,β-unsaturated/α-hetero) is 1. The van der Waals surface area contributed by atoms with Crippen molar-refractivity contribution in [3.63, 3.8) is 0 Å². The van der Waals surface area contributed by atoms with Gasteiger partial charge in [0.25, 0.3) is 0 Å². The number of rotatable bonds is 3. The van der Waals surface area contributed by atoms with E-state index in [1.165, 1.54) is 11.3 Å². The Labute approximate surface area is 121 Å². The van der Waals surface area contributed by atoms with Gasteiger partial charge in [0.1, 0.15) is 5.60 Å². The van der Waals surface area contributed by atoms with E-state index in [0.29, 0.717) is 5.41 Å². The lowest BCUT2D eigenvalue weighted by Crippen LogP contribution is -2.45. The number of ether oxygens (including phenoxy) is 1. The zero-order valence-corrected chi connectivity index (χ0v) is 13.5. The highest BCUT2D eigenvalue weighted by Gasteiger charge is 2.45. The summed E-state index contributed by atoms with van der Waals surface area (Å²) < 4.78 is 6.54. The maximum atomic E-state index is 12.7. The van der Waals surface area contributed by atoms with Gasteiger partial charge in [0, 0.05) is 11.6 Å². The normalized spacial score (nSPS) is 21.8. The van der Waals surface area contributed by atoms with Gasteiger partial charge in [-0.15, -0.1) is 11.3 Å². The van der Waals surface area contributed by atoms with Crippen LogP contribution in [0.2, 0.25) is 0 Å². The second kappa shape index (κ2) is 5.06. The summed E-state index contributed by atoms with van der Waals surface area (Å²) >= 11 is 4.93. The van der Waals surface area contributed by atoms with Crippen molar-refractivity contribution in [2.75, 3.05) is 7.11 Å². The van der Waals surface area contributed by atoms with Gasteiger partial charge in [-0.1, -0.05) is 13.8 Å². The molecule has 100 valence electrons. The van der Waals surface area contributed by atoms with Crippen molar-refractivity contribution >= 4 is 33.0 Å². The summed E-state index contributed by atoms with van der Waals surface area (Å²) in [6, 6.07) is 1.92. The lowest BCUT2D eigenvalue weighted by atomic mass is 9.69. The average molecular weight is 331 g/mol. The first-order chi connectivity index (χ1) is 8.40. The maximum Gasteiger partial charge on any atom is 0.205 e. The summed E-state index contributed by atoms with van der Waals surface area (Å²) in [6.07, 6.45) is 3.71. The highest BCUT2D eigenvalue weighted by molar-refractivity contribution is 9.10. The molecule has 0 spiro atoms. The smallest absolute Gasteiger partial charge is 0.205 e. The molecule has 1 aromatic heterocycles. The molecule has 1 aliphatic carbocycles. The van der Waals surface area contributed by atoms with Gasteiger partial charge < -0.3 is 4.74 Å². The van der Waals surface area contributed by atoms with Gasteiger partial charge in [-0.05, 0) is 58.5 Å². The number of thiophene rings is 1. The highest BCUT2D eigenvalue weighted by atomic mass is 79.9. The summed E-state index contributed by atoms with van der Waals surface area (Å²) in [4.78, 5) is 13.5. The van der Waals surface area contributed by atoms with E-state index in [0.717, 1.165) is 35.0 Å². The number of halogens is 1. The number of ketones is 1. The van der Waals surface area contributed by atoms with Crippen LogP contribution >= 0.6 is 27.3 Å². The van der Waals surface area contributed by atoms with E-state index in [9.17, 15) is 4.79 Å². The van der Waals surface area contributed by atoms with Crippen molar-refractivity contribution < 1.29 is 9.53 Å². The van der Waals surface area contributed by atoms with E-state index in [-0.39, 0.29) is 5.78 Å². The SMILES string of the molecule is COC1(C(=O)c2sccc2Br)CCC(C)(C)CC1. The Kier molecular flexibility index (Phi) is 4.00. The summed E-state index contributed by atoms with van der Waals surface area (Å²) in [7, 11) is 1.66. The van der Waals surface area contributed by atoms with Gasteiger partial charge in [0.05, 0.1) is 4.88 Å². The molecule has 0 radical (unpaired) electrons. The fourth-order valence-corrected chi connectivity index (χ4v) is 4.10. The fraction of sp³-hybridized carbons (Fsp3) is 0.643. The first-order valence-electron chi connectivity index (χ1n) is 6.23. The molecular formula is C14H19BrO2S. The minimum Gasteiger partial charge on any atom is -0.370 e. The van der Waals surface area contributed by atoms with Crippen molar-refractivity contribution in [2.45, 2.75) is 45.1 Å². The summed E-state index contributed by atoms with van der Waals surface area (Å²) in [5, 5.41) is 1.94. The molecule has 1 saturated carbocycles. The Hall–Kier alpha value is -0.190. The largest absolute Gasteiger partial charge is 0.370 e. The van der Waals surface area contributed by atoms with Crippen LogP contribution < -0.4 is 0 Å². The lowest BCUT2D eigenvalue weighted by Gasteiger charge is -2.41. The van der Waals surface area contributed by atoms with Crippen molar-refractivity contribution in [2.24, 2.45) is 5.41 Å². The Morgan fingerprint density at radius 3 is 2.39 bits per heavy atom. The van der Waals surface area contributed by atoms with Crippen LogP contribution in [-0.2, 0) is 4.74 Å². The van der Waals surface area contributed by atoms with Crippen LogP contribution in [0.1, 0.15) is 49.2 Å². The van der Waals surface area contributed by atoms with Crippen LogP contribution in [0, 0.1) is 5.41 Å². The van der Waals surface area contributed by atoms with Gasteiger partial charge in [0.15, 0.2) is 0 Å². The van der Waals surface area contributed by atoms with Crippen LogP contribution in [0.15, 0.2) is 15.9 Å². The average Bonchev–Trinajstić information content (AvgIpc) is 2.75. The zero-order chi connectivity index (χ0) is 13.4. The molecular weight excluding hydrogens is 312 g/mol. The van der Waals surface area contributed by atoms with Gasteiger partial charge in [-0.3, -0.25) is 4.79 Å². The van der Waals surface area contributed by atoms with Crippen molar-refractivity contribution in [3.8, 4) is 0 Å². The Morgan fingerprint density at radius 2 is 1.94 bits per heavy atom. The molecule has 1 aliphatic rings. The molecule has 0 atom stereocenters. The van der Waals surface area contributed by atoms with Gasteiger partial charge in [0.2, 0.25) is 5.78 Å². The minimum atomic E-state index is -0.608. The van der Waals surface area contributed by atoms with E-state index in [1.807, 2.05) is 11.4 Å². The van der Waals surface area contributed by atoms with Crippen LogP contribution in [0.25, 0.3) is 0 Å². The summed E-state index contributed by atoms with van der Waals surface area (Å²) in [5.74, 6) is 0.141. The maximum absolute atomic E-state index is 12.7. The zero-order valence-electron chi connectivity index (χ0n) is 11.1. The minimum absolute atomic E-state index is 0.141. The molecule has 4 heteroatoms. The van der Waals surface area contributed by atoms with Gasteiger partial charge in [-0.2, -0.15) is 0 Å². The Balaban J connectivity index is 2.24. The second-order valence-electron chi connectivity index (χ2n) is 5.79. The van der Waals surface area contributed by atoms with Gasteiger partial charge in [-0.25, -0.2) is 0 Å². The van der Waals surface area contributed by atoms with E-state index in [4.69, 9.17) is 4.74 Å². The fourth-order valence-electron chi connectivity index (χ4n) is 2.52. The lowest BCUT2D eigenvalue weighted by molar-refractivity contribution is -0.0380. The molecule has 18 heavy (non-hydrogen) atoms. The van der Waals surface area contributed by atoms with Crippen LogP contribution in [0.5, 0.6) is 0 Å². The molecule has 1 aromatic rings. The number of hydrogen-bond acceptors (Lipinski definition) is 3. The third kappa shape index (κ3) is 2.56. The first-order valence-corrected chi connectivity index (χ1v) is 7.90. The van der Waals surface area contributed by atoms with E-state index in [1.54, 1.807) is 7.11 Å². The van der Waals surface area contributed by atoms with Crippen molar-refractivity contribution in [1.29, 1.82) is 0 Å². The molecule has 0 bridgehead atoms. The molecule has 1 fully saturated rings. The number of hydrogen-bond donors (Lipinski definition) is 0. The topological polar surface area (TPSA) is 26.3 Å². The van der Waals surface area contributed by atoms with E-state index < -0.39 is 5.60 Å². The predicted molar refractivity (Wildman–Crippen MR) is 78.3 cm³/mol. The Morgan fingerprint density at radius 1 is 1.33 bits per heavy atom. The number of carbonyl (C=O) groups excluding carboxylic acids is 1. The standard InChI is InChI=1S/C14H19BrO2S/c1-13(2)5-7-14(17-3,8-6-13)12(16)11-10(15)4-9-18-11/h4,9H,5-8H2,1-3H3. The summed E-state index contributed by atoms with van der Waals surface area (Å²) in [6.45, 7) is 4.52. The Bertz CT molecular complexity index is 440. The second-order valence-corrected chi connectivity index (χ2v) is 7.56. The number of methoxy groups -OCH3 is 1. The molecule has 2 nitrogen and oxygen atoms in total. The molecule has 0 aliphatic heterocycles. The molecule has 0 unspecified atom stereocenters. The molecule has 2 rings (SSSR count). The first kappa shape index (κ1) is 14.2. The molecule has 0 amide bonds. The highest BCUT2D eigenvalue weighted by Crippen LogP contribution is 2.44. The monoisotopic (exact) mass is 330 g/mol. The summed E-state index contributed by atoms with van der Waals surface area (Å²) in [5.41, 5.74) is -0.280.